The summed E-state index contributed by atoms with van der Waals surface area (Å²) in [5.74, 6) is -1.77. The van der Waals surface area contributed by atoms with Crippen LogP contribution in [0.5, 0.6) is 0 Å². The minimum atomic E-state index is -1.10. The summed E-state index contributed by atoms with van der Waals surface area (Å²) in [5, 5.41) is 6.08. The van der Waals surface area contributed by atoms with Crippen LogP contribution in [0.3, 0.4) is 0 Å². The first-order chi connectivity index (χ1) is 14.2. The fraction of sp³-hybridized carbons (Fsp3) is 0.227. The van der Waals surface area contributed by atoms with Crippen LogP contribution in [0.25, 0.3) is 6.08 Å². The van der Waals surface area contributed by atoms with Gasteiger partial charge in [-0.05, 0) is 43.2 Å². The van der Waals surface area contributed by atoms with Gasteiger partial charge in [0.25, 0.3) is 5.91 Å². The smallest absolute Gasteiger partial charge is 0.355 e. The second-order valence-corrected chi connectivity index (χ2v) is 7.44. The summed E-state index contributed by atoms with van der Waals surface area (Å²) in [5.41, 5.74) is 1.30. The lowest BCUT2D eigenvalue weighted by atomic mass is 10.1. The van der Waals surface area contributed by atoms with Crippen molar-refractivity contribution in [2.24, 2.45) is 0 Å². The van der Waals surface area contributed by atoms with Gasteiger partial charge in [-0.1, -0.05) is 59.6 Å². The second-order valence-electron chi connectivity index (χ2n) is 6.59. The van der Waals surface area contributed by atoms with Gasteiger partial charge in [0.2, 0.25) is 5.91 Å². The van der Waals surface area contributed by atoms with Crippen molar-refractivity contribution in [3.05, 3.63) is 75.4 Å². The van der Waals surface area contributed by atoms with Gasteiger partial charge in [-0.25, -0.2) is 4.79 Å². The average molecular weight is 449 g/mol. The van der Waals surface area contributed by atoms with Crippen LogP contribution in [0, 0.1) is 0 Å². The molecular weight excluding hydrogens is 427 g/mol. The third-order valence-electron chi connectivity index (χ3n) is 4.08. The summed E-state index contributed by atoms with van der Waals surface area (Å²) in [7, 11) is 0. The van der Waals surface area contributed by atoms with Crippen LogP contribution >= 0.6 is 23.2 Å². The summed E-state index contributed by atoms with van der Waals surface area (Å²) >= 11 is 12.1. The molecule has 0 fully saturated rings. The maximum absolute atomic E-state index is 12.5. The SMILES string of the molecule is CC(=O)N/C(=C\c1ccccc1)C(=O)OC(C)C(=O)NC(C)c1ccc(Cl)cc1Cl. The number of benzene rings is 2. The molecule has 2 N–H and O–H groups in total. The molecule has 2 amide bonds. The zero-order valence-electron chi connectivity index (χ0n) is 16.7. The Labute approximate surface area is 185 Å². The van der Waals surface area contributed by atoms with E-state index in [4.69, 9.17) is 27.9 Å². The number of esters is 1. The fourth-order valence-corrected chi connectivity index (χ4v) is 3.16. The Bertz CT molecular complexity index is 961. The molecule has 8 heteroatoms. The lowest BCUT2D eigenvalue weighted by Gasteiger charge is -2.20. The molecule has 2 unspecified atom stereocenters. The van der Waals surface area contributed by atoms with Gasteiger partial charge < -0.3 is 15.4 Å². The lowest BCUT2D eigenvalue weighted by molar-refractivity contribution is -0.152. The van der Waals surface area contributed by atoms with Crippen LogP contribution in [0.4, 0.5) is 0 Å². The third kappa shape index (κ3) is 6.90. The van der Waals surface area contributed by atoms with Crippen LogP contribution in [0.15, 0.2) is 54.2 Å². The summed E-state index contributed by atoms with van der Waals surface area (Å²) in [6, 6.07) is 13.5. The topological polar surface area (TPSA) is 84.5 Å². The highest BCUT2D eigenvalue weighted by atomic mass is 35.5. The number of rotatable bonds is 7. The molecule has 0 radical (unpaired) electrons. The zero-order chi connectivity index (χ0) is 22.3. The average Bonchev–Trinajstić information content (AvgIpc) is 2.67. The van der Waals surface area contributed by atoms with Crippen molar-refractivity contribution in [1.82, 2.24) is 10.6 Å². The molecule has 0 aliphatic rings. The Morgan fingerprint density at radius 3 is 2.30 bits per heavy atom. The third-order valence-corrected chi connectivity index (χ3v) is 4.64. The van der Waals surface area contributed by atoms with E-state index in [-0.39, 0.29) is 5.70 Å². The van der Waals surface area contributed by atoms with E-state index >= 15 is 0 Å². The summed E-state index contributed by atoms with van der Waals surface area (Å²) in [4.78, 5) is 36.5. The van der Waals surface area contributed by atoms with Gasteiger partial charge in [0.1, 0.15) is 5.70 Å². The van der Waals surface area contributed by atoms with Gasteiger partial charge in [-0.3, -0.25) is 9.59 Å². The largest absolute Gasteiger partial charge is 0.448 e. The van der Waals surface area contributed by atoms with Crippen molar-refractivity contribution < 1.29 is 19.1 Å². The summed E-state index contributed by atoms with van der Waals surface area (Å²) < 4.78 is 5.25. The van der Waals surface area contributed by atoms with E-state index < -0.39 is 29.9 Å². The molecule has 0 aliphatic carbocycles. The predicted molar refractivity (Wildman–Crippen MR) is 117 cm³/mol. The number of amides is 2. The van der Waals surface area contributed by atoms with E-state index in [1.807, 2.05) is 6.07 Å². The Kier molecular flexibility index (Phi) is 8.45. The van der Waals surface area contributed by atoms with E-state index in [0.717, 1.165) is 0 Å². The Morgan fingerprint density at radius 1 is 1.03 bits per heavy atom. The van der Waals surface area contributed by atoms with E-state index in [1.165, 1.54) is 19.9 Å². The molecule has 0 spiro atoms. The normalized spacial score (nSPS) is 13.2. The monoisotopic (exact) mass is 448 g/mol. The van der Waals surface area contributed by atoms with Crippen LogP contribution < -0.4 is 10.6 Å². The van der Waals surface area contributed by atoms with E-state index in [2.05, 4.69) is 10.6 Å². The van der Waals surface area contributed by atoms with Gasteiger partial charge in [-0.2, -0.15) is 0 Å². The van der Waals surface area contributed by atoms with Crippen LogP contribution in [-0.2, 0) is 19.1 Å². The molecule has 0 heterocycles. The first-order valence-corrected chi connectivity index (χ1v) is 9.93. The molecule has 30 heavy (non-hydrogen) atoms. The highest BCUT2D eigenvalue weighted by Gasteiger charge is 2.23. The predicted octanol–water partition coefficient (Wildman–Crippen LogP) is 4.28. The standard InChI is InChI=1S/C22H22Cl2N2O4/c1-13(18-10-9-17(23)12-19(18)24)25-21(28)14(2)30-22(29)20(26-15(3)27)11-16-7-5-4-6-8-16/h4-14H,1-3H3,(H,25,28)(H,26,27)/b20-11-. The van der Waals surface area contributed by atoms with Gasteiger partial charge in [0, 0.05) is 17.0 Å². The van der Waals surface area contributed by atoms with Crippen molar-refractivity contribution in [3.63, 3.8) is 0 Å². The molecule has 0 saturated heterocycles. The van der Waals surface area contributed by atoms with Gasteiger partial charge >= 0.3 is 5.97 Å². The highest BCUT2D eigenvalue weighted by Crippen LogP contribution is 2.26. The maximum Gasteiger partial charge on any atom is 0.355 e. The Balaban J connectivity index is 2.07. The van der Waals surface area contributed by atoms with Crippen molar-refractivity contribution in [2.75, 3.05) is 0 Å². The Morgan fingerprint density at radius 2 is 1.70 bits per heavy atom. The van der Waals surface area contributed by atoms with Crippen molar-refractivity contribution in [2.45, 2.75) is 32.9 Å². The van der Waals surface area contributed by atoms with Gasteiger partial charge in [0.15, 0.2) is 6.10 Å². The summed E-state index contributed by atoms with van der Waals surface area (Å²) in [6.45, 7) is 4.47. The number of nitrogens with one attached hydrogen (secondary N) is 2. The number of halogens is 2. The molecule has 0 saturated carbocycles. The minimum absolute atomic E-state index is 0.0675. The van der Waals surface area contributed by atoms with Crippen LogP contribution in [0.2, 0.25) is 10.0 Å². The minimum Gasteiger partial charge on any atom is -0.448 e. The molecule has 2 aromatic carbocycles. The van der Waals surface area contributed by atoms with E-state index in [0.29, 0.717) is 21.2 Å². The summed E-state index contributed by atoms with van der Waals surface area (Å²) in [6.07, 6.45) is 0.378. The molecule has 2 rings (SSSR count). The van der Waals surface area contributed by atoms with Gasteiger partial charge in [-0.15, -0.1) is 0 Å². The Hall–Kier alpha value is -2.83. The molecule has 0 bridgehead atoms. The number of hydrogen-bond acceptors (Lipinski definition) is 4. The van der Waals surface area contributed by atoms with Crippen molar-refractivity contribution in [1.29, 1.82) is 0 Å². The fourth-order valence-electron chi connectivity index (χ4n) is 2.59. The molecular formula is C22H22Cl2N2O4. The maximum atomic E-state index is 12.5. The van der Waals surface area contributed by atoms with Crippen molar-refractivity contribution in [3.8, 4) is 0 Å². The number of ether oxygens (including phenoxy) is 1. The highest BCUT2D eigenvalue weighted by molar-refractivity contribution is 6.35. The zero-order valence-corrected chi connectivity index (χ0v) is 18.3. The molecule has 158 valence electrons. The second kappa shape index (κ2) is 10.8. The first-order valence-electron chi connectivity index (χ1n) is 9.18. The molecule has 0 aromatic heterocycles. The lowest BCUT2D eigenvalue weighted by Crippen LogP contribution is -2.38. The van der Waals surface area contributed by atoms with Gasteiger partial charge in [0.05, 0.1) is 6.04 Å². The number of hydrogen-bond donors (Lipinski definition) is 2. The number of carbonyl (C=O) groups excluding carboxylic acids is 3. The molecule has 0 aliphatic heterocycles. The molecule has 2 aromatic rings. The first kappa shape index (κ1) is 23.4. The van der Waals surface area contributed by atoms with Crippen LogP contribution in [0.1, 0.15) is 37.9 Å². The van der Waals surface area contributed by atoms with Crippen LogP contribution in [-0.4, -0.2) is 23.9 Å². The van der Waals surface area contributed by atoms with E-state index in [9.17, 15) is 14.4 Å². The molecule has 6 nitrogen and oxygen atoms in total. The quantitative estimate of drug-likeness (QED) is 0.488. The van der Waals surface area contributed by atoms with E-state index in [1.54, 1.807) is 49.4 Å². The van der Waals surface area contributed by atoms with Crippen molar-refractivity contribution >= 4 is 47.1 Å². The molecule has 2 atom stereocenters. The number of carbonyl (C=O) groups is 3.